The Morgan fingerprint density at radius 2 is 1.64 bits per heavy atom. The first-order valence-corrected chi connectivity index (χ1v) is 9.18. The maximum absolute atomic E-state index is 12.1. The highest BCUT2D eigenvalue weighted by molar-refractivity contribution is 7.88. The molecule has 2 aromatic carbocycles. The van der Waals surface area contributed by atoms with Crippen molar-refractivity contribution in [2.24, 2.45) is 0 Å². The third-order valence-corrected chi connectivity index (χ3v) is 4.88. The molecule has 0 aliphatic heterocycles. The molecule has 0 unspecified atom stereocenters. The molecule has 0 heterocycles. The van der Waals surface area contributed by atoms with Gasteiger partial charge in [0.25, 0.3) is 0 Å². The summed E-state index contributed by atoms with van der Waals surface area (Å²) in [5.41, 5.74) is 4.38. The molecule has 0 saturated heterocycles. The van der Waals surface area contributed by atoms with Crippen LogP contribution >= 0.6 is 0 Å². The van der Waals surface area contributed by atoms with Crippen LogP contribution in [0.5, 0.6) is 0 Å². The van der Waals surface area contributed by atoms with Gasteiger partial charge in [0.1, 0.15) is 0 Å². The summed E-state index contributed by atoms with van der Waals surface area (Å²) in [6.45, 7) is 4.50. The second-order valence-electron chi connectivity index (χ2n) is 5.73. The first kappa shape index (κ1) is 16.7. The molecule has 0 saturated carbocycles. The number of rotatable bonds is 7. The normalized spacial score (nSPS) is 11.5. The highest BCUT2D eigenvalue weighted by Crippen LogP contribution is 2.08. The standard InChI is InChI=1S/C18H23NO2S/c1-15-8-10-17(11-9-15)7-4-12-19-22(20,21)14-18-6-3-5-16(2)13-18/h3,5-6,8-11,13,19H,4,7,12,14H2,1-2H3. The van der Waals surface area contributed by atoms with Crippen LogP contribution in [-0.2, 0) is 22.2 Å². The van der Waals surface area contributed by atoms with Crippen molar-refractivity contribution in [2.45, 2.75) is 32.4 Å². The fourth-order valence-corrected chi connectivity index (χ4v) is 3.52. The minimum absolute atomic E-state index is 0.0409. The van der Waals surface area contributed by atoms with E-state index in [9.17, 15) is 8.42 Å². The smallest absolute Gasteiger partial charge is 0.215 e. The summed E-state index contributed by atoms with van der Waals surface area (Å²) in [7, 11) is -3.26. The minimum Gasteiger partial charge on any atom is -0.215 e. The number of nitrogens with one attached hydrogen (secondary N) is 1. The molecule has 2 rings (SSSR count). The molecule has 0 amide bonds. The van der Waals surface area contributed by atoms with E-state index in [1.54, 1.807) is 0 Å². The summed E-state index contributed by atoms with van der Waals surface area (Å²) in [6, 6.07) is 16.0. The van der Waals surface area contributed by atoms with Crippen LogP contribution in [0.25, 0.3) is 0 Å². The molecule has 0 radical (unpaired) electrons. The largest absolute Gasteiger partial charge is 0.215 e. The molecule has 4 heteroatoms. The van der Waals surface area contributed by atoms with Gasteiger partial charge in [0.2, 0.25) is 10.0 Å². The van der Waals surface area contributed by atoms with E-state index in [4.69, 9.17) is 0 Å². The summed E-state index contributed by atoms with van der Waals surface area (Å²) in [4.78, 5) is 0. The maximum atomic E-state index is 12.1. The van der Waals surface area contributed by atoms with Crippen molar-refractivity contribution < 1.29 is 8.42 Å². The van der Waals surface area contributed by atoms with E-state index < -0.39 is 10.0 Å². The second-order valence-corrected chi connectivity index (χ2v) is 7.54. The SMILES string of the molecule is Cc1ccc(CCCNS(=O)(=O)Cc2cccc(C)c2)cc1. The van der Waals surface area contributed by atoms with E-state index in [-0.39, 0.29) is 5.75 Å². The van der Waals surface area contributed by atoms with Crippen molar-refractivity contribution in [1.82, 2.24) is 4.72 Å². The van der Waals surface area contributed by atoms with Gasteiger partial charge < -0.3 is 0 Å². The van der Waals surface area contributed by atoms with E-state index >= 15 is 0 Å². The maximum Gasteiger partial charge on any atom is 0.215 e. The van der Waals surface area contributed by atoms with E-state index in [2.05, 4.69) is 35.9 Å². The monoisotopic (exact) mass is 317 g/mol. The van der Waals surface area contributed by atoms with Crippen LogP contribution in [0.4, 0.5) is 0 Å². The lowest BCUT2D eigenvalue weighted by atomic mass is 10.1. The Morgan fingerprint density at radius 1 is 0.909 bits per heavy atom. The Balaban J connectivity index is 1.79. The third kappa shape index (κ3) is 5.62. The molecule has 22 heavy (non-hydrogen) atoms. The van der Waals surface area contributed by atoms with Crippen molar-refractivity contribution in [3.63, 3.8) is 0 Å². The number of sulfonamides is 1. The van der Waals surface area contributed by atoms with Gasteiger partial charge >= 0.3 is 0 Å². The Bertz CT molecular complexity index is 706. The summed E-state index contributed by atoms with van der Waals surface area (Å²) in [5, 5.41) is 0. The number of hydrogen-bond acceptors (Lipinski definition) is 2. The molecular weight excluding hydrogens is 294 g/mol. The molecule has 0 fully saturated rings. The molecule has 2 aromatic rings. The highest BCUT2D eigenvalue weighted by Gasteiger charge is 2.10. The first-order chi connectivity index (χ1) is 10.4. The van der Waals surface area contributed by atoms with Crippen LogP contribution in [0, 0.1) is 13.8 Å². The van der Waals surface area contributed by atoms with E-state index in [1.807, 2.05) is 31.2 Å². The average Bonchev–Trinajstić information content (AvgIpc) is 2.45. The predicted molar refractivity (Wildman–Crippen MR) is 91.3 cm³/mol. The van der Waals surface area contributed by atoms with Gasteiger partial charge in [-0.2, -0.15) is 0 Å². The van der Waals surface area contributed by atoms with Crippen molar-refractivity contribution >= 4 is 10.0 Å². The Kier molecular flexibility index (Phi) is 5.75. The lowest BCUT2D eigenvalue weighted by Gasteiger charge is -2.07. The predicted octanol–water partition coefficient (Wildman–Crippen LogP) is 3.36. The number of aryl methyl sites for hydroxylation is 3. The molecule has 0 bridgehead atoms. The molecule has 0 aliphatic rings. The van der Waals surface area contributed by atoms with Gasteiger partial charge in [-0.05, 0) is 37.8 Å². The topological polar surface area (TPSA) is 46.2 Å². The van der Waals surface area contributed by atoms with Crippen molar-refractivity contribution in [2.75, 3.05) is 6.54 Å². The quantitative estimate of drug-likeness (QED) is 0.796. The summed E-state index contributed by atoms with van der Waals surface area (Å²) in [6.07, 6.45) is 1.68. The Hall–Kier alpha value is -1.65. The second kappa shape index (κ2) is 7.56. The summed E-state index contributed by atoms with van der Waals surface area (Å²) < 4.78 is 26.8. The zero-order valence-electron chi connectivity index (χ0n) is 13.2. The van der Waals surface area contributed by atoms with Gasteiger partial charge in [0.15, 0.2) is 0 Å². The highest BCUT2D eigenvalue weighted by atomic mass is 32.2. The van der Waals surface area contributed by atoms with Gasteiger partial charge in [-0.15, -0.1) is 0 Å². The molecule has 0 aliphatic carbocycles. The van der Waals surface area contributed by atoms with Gasteiger partial charge in [-0.25, -0.2) is 13.1 Å². The Morgan fingerprint density at radius 3 is 2.32 bits per heavy atom. The molecular formula is C18H23NO2S. The van der Waals surface area contributed by atoms with Gasteiger partial charge in [0.05, 0.1) is 5.75 Å². The van der Waals surface area contributed by atoms with Gasteiger partial charge in [0, 0.05) is 6.54 Å². The first-order valence-electron chi connectivity index (χ1n) is 7.53. The zero-order valence-corrected chi connectivity index (χ0v) is 14.0. The number of benzene rings is 2. The average molecular weight is 317 g/mol. The molecule has 3 nitrogen and oxygen atoms in total. The van der Waals surface area contributed by atoms with Crippen LogP contribution in [0.1, 0.15) is 28.7 Å². The zero-order chi connectivity index (χ0) is 16.0. The van der Waals surface area contributed by atoms with Gasteiger partial charge in [-0.1, -0.05) is 59.7 Å². The molecule has 118 valence electrons. The third-order valence-electron chi connectivity index (χ3n) is 3.52. The molecule has 0 aromatic heterocycles. The minimum atomic E-state index is -3.26. The van der Waals surface area contributed by atoms with Crippen LogP contribution in [0.15, 0.2) is 48.5 Å². The van der Waals surface area contributed by atoms with Crippen molar-refractivity contribution in [1.29, 1.82) is 0 Å². The fourth-order valence-electron chi connectivity index (χ4n) is 2.35. The molecule has 0 atom stereocenters. The Labute approximate surface area is 133 Å². The molecule has 1 N–H and O–H groups in total. The van der Waals surface area contributed by atoms with E-state index in [1.165, 1.54) is 11.1 Å². The number of hydrogen-bond donors (Lipinski definition) is 1. The van der Waals surface area contributed by atoms with Crippen molar-refractivity contribution in [3.05, 3.63) is 70.8 Å². The lowest BCUT2D eigenvalue weighted by Crippen LogP contribution is -2.26. The van der Waals surface area contributed by atoms with Crippen molar-refractivity contribution in [3.8, 4) is 0 Å². The fraction of sp³-hybridized carbons (Fsp3) is 0.333. The van der Waals surface area contributed by atoms with Crippen LogP contribution < -0.4 is 4.72 Å². The summed E-state index contributed by atoms with van der Waals surface area (Å²) >= 11 is 0. The van der Waals surface area contributed by atoms with Crippen LogP contribution in [0.2, 0.25) is 0 Å². The van der Waals surface area contributed by atoms with Gasteiger partial charge in [-0.3, -0.25) is 0 Å². The van der Waals surface area contributed by atoms with Crippen LogP contribution in [-0.4, -0.2) is 15.0 Å². The van der Waals surface area contributed by atoms with E-state index in [0.29, 0.717) is 6.54 Å². The lowest BCUT2D eigenvalue weighted by molar-refractivity contribution is 0.578. The van der Waals surface area contributed by atoms with Crippen LogP contribution in [0.3, 0.4) is 0 Å². The van der Waals surface area contributed by atoms with E-state index in [0.717, 1.165) is 24.0 Å². The summed E-state index contributed by atoms with van der Waals surface area (Å²) in [5.74, 6) is 0.0409. The molecule has 0 spiro atoms.